The number of anilines is 1. The molecule has 1 saturated heterocycles. The molecule has 0 saturated carbocycles. The van der Waals surface area contributed by atoms with Crippen molar-refractivity contribution in [2.24, 2.45) is 0 Å². The Balaban J connectivity index is 1.82. The summed E-state index contributed by atoms with van der Waals surface area (Å²) in [6.45, 7) is -2.41. The topological polar surface area (TPSA) is 249 Å². The summed E-state index contributed by atoms with van der Waals surface area (Å²) in [5, 5.41) is 10.6. The molecule has 0 radical (unpaired) electrons. The van der Waals surface area contributed by atoms with Crippen LogP contribution in [-0.2, 0) is 27.0 Å². The Morgan fingerprint density at radius 3 is 2.56 bits per heavy atom. The van der Waals surface area contributed by atoms with Gasteiger partial charge in [0.25, 0.3) is 12.8 Å². The fraction of sp³-hybridized carbons (Fsp3) is 0.500. The van der Waals surface area contributed by atoms with Gasteiger partial charge in [-0.3, -0.25) is 14.3 Å². The zero-order valence-corrected chi connectivity index (χ0v) is 20.9. The van der Waals surface area contributed by atoms with Crippen LogP contribution >= 0.6 is 43.0 Å². The van der Waals surface area contributed by atoms with Gasteiger partial charge in [-0.15, -0.1) is 11.6 Å². The number of alkyl halides is 2. The smallest absolute Gasteiger partial charge is 0.388 e. The van der Waals surface area contributed by atoms with Crippen molar-refractivity contribution in [1.82, 2.24) is 14.5 Å². The lowest BCUT2D eigenvalue weighted by Crippen LogP contribution is -2.44. The molecule has 1 aliphatic heterocycles. The average molecular weight is 589 g/mol. The van der Waals surface area contributed by atoms with Crippen LogP contribution in [0, 0.1) is 0 Å². The highest BCUT2D eigenvalue weighted by molar-refractivity contribution is 7.91. The molecule has 3 rings (SSSR count). The Labute approximate surface area is 195 Å². The van der Waals surface area contributed by atoms with Crippen LogP contribution in [0.1, 0.15) is 6.23 Å². The summed E-state index contributed by atoms with van der Waals surface area (Å²) in [4.78, 5) is 53.0. The van der Waals surface area contributed by atoms with Crippen molar-refractivity contribution >= 4 is 60.0 Å². The second-order valence-corrected chi connectivity index (χ2v) is 13.9. The minimum atomic E-state index is -5.52. The number of nitrogens with one attached hydrogen (secondary N) is 1. The van der Waals surface area contributed by atoms with E-state index in [9.17, 15) is 33.2 Å². The molecule has 6 atom stereocenters. The van der Waals surface area contributed by atoms with Crippen molar-refractivity contribution in [3.05, 3.63) is 22.6 Å². The summed E-state index contributed by atoms with van der Waals surface area (Å²) >= 11 is 6.27. The van der Waals surface area contributed by atoms with Gasteiger partial charge in [0.1, 0.15) is 23.8 Å². The SMILES string of the molecule is Nc1nc2c(ccn2[C@@H]2OC(COP(=O)(O)OP(=O)(O)OP(O)(O)=P)[C@H](O)C2(Cl)CF)c(=O)[nH]1. The third-order valence-corrected chi connectivity index (χ3v) is 9.55. The van der Waals surface area contributed by atoms with Crippen molar-refractivity contribution < 1.29 is 56.1 Å². The molecule has 192 valence electrons. The van der Waals surface area contributed by atoms with Gasteiger partial charge in [0.2, 0.25) is 5.95 Å². The summed E-state index contributed by atoms with van der Waals surface area (Å²) in [6.07, 6.45) is -3.74. The first-order valence-corrected chi connectivity index (χ1v) is 15.1. The van der Waals surface area contributed by atoms with Crippen molar-refractivity contribution in [2.75, 3.05) is 19.0 Å². The second-order valence-electron chi connectivity index (χ2n) is 6.88. The van der Waals surface area contributed by atoms with Crippen LogP contribution in [0.5, 0.6) is 0 Å². The van der Waals surface area contributed by atoms with E-state index < -0.39 is 65.0 Å². The number of hydrogen-bond donors (Lipinski definition) is 7. The van der Waals surface area contributed by atoms with Gasteiger partial charge in [-0.05, 0) is 14.6 Å². The molecule has 16 nitrogen and oxygen atoms in total. The van der Waals surface area contributed by atoms with Gasteiger partial charge in [0.15, 0.2) is 11.9 Å². The molecule has 0 amide bonds. The van der Waals surface area contributed by atoms with Gasteiger partial charge in [0, 0.05) is 6.20 Å². The quantitative estimate of drug-likeness (QED) is 0.156. The highest BCUT2D eigenvalue weighted by Gasteiger charge is 2.57. The van der Waals surface area contributed by atoms with Crippen LogP contribution in [0.4, 0.5) is 10.3 Å². The molecule has 2 aromatic rings. The number of H-pyrrole nitrogens is 1. The van der Waals surface area contributed by atoms with Crippen molar-refractivity contribution in [3.63, 3.8) is 0 Å². The lowest BCUT2D eigenvalue weighted by Gasteiger charge is -2.28. The Morgan fingerprint density at radius 1 is 1.32 bits per heavy atom. The van der Waals surface area contributed by atoms with Crippen molar-refractivity contribution in [3.8, 4) is 0 Å². The number of aliphatic hydroxyl groups excluding tert-OH is 1. The number of fused-ring (bicyclic) bond motifs is 1. The monoisotopic (exact) mass is 588 g/mol. The fourth-order valence-electron chi connectivity index (χ4n) is 3.11. The standard InChI is InChI=1S/C12H18ClFN4O12P4/c13-12(4-14)7(19)6(3-27-32(21,22)29-33(23,24)30-34(25,26)31)28-10(12)18-2-1-5-8(18)16-11(15)17-9(5)20/h1-2,6-7,10,19,25-26,31H,3-4H2,(H,21,22)(H,23,24)(H3,15,16,17,20)/t6?,7-,10+,12?/m0/s1. The van der Waals surface area contributed by atoms with E-state index in [1.165, 1.54) is 12.3 Å². The predicted octanol–water partition coefficient (Wildman–Crippen LogP) is 0.568. The lowest BCUT2D eigenvalue weighted by atomic mass is 10.0. The number of rotatable bonds is 9. The van der Waals surface area contributed by atoms with Crippen molar-refractivity contribution in [2.45, 2.75) is 23.3 Å². The Hall–Kier alpha value is -0.730. The molecule has 22 heteroatoms. The highest BCUT2D eigenvalue weighted by Crippen LogP contribution is 2.67. The number of halogens is 2. The zero-order chi connectivity index (χ0) is 25.7. The maximum atomic E-state index is 14.0. The number of hydrogen-bond acceptors (Lipinski definition) is 10. The number of aromatic nitrogens is 3. The number of ether oxygens (including phenoxy) is 1. The first-order valence-electron chi connectivity index (χ1n) is 8.75. The van der Waals surface area contributed by atoms with Gasteiger partial charge < -0.3 is 39.7 Å². The highest BCUT2D eigenvalue weighted by atomic mass is 35.5. The zero-order valence-electron chi connectivity index (χ0n) is 16.5. The summed E-state index contributed by atoms with van der Waals surface area (Å²) in [7, 11) is -13.3. The van der Waals surface area contributed by atoms with Crippen LogP contribution in [-0.4, -0.2) is 69.6 Å². The third kappa shape index (κ3) is 5.97. The molecule has 2 aromatic heterocycles. The number of aromatic amines is 1. The first kappa shape index (κ1) is 27.9. The van der Waals surface area contributed by atoms with Gasteiger partial charge in [-0.25, -0.2) is 17.8 Å². The molecule has 1 fully saturated rings. The fourth-order valence-corrected chi connectivity index (χ4v) is 7.44. The van der Waals surface area contributed by atoms with E-state index in [-0.39, 0.29) is 17.0 Å². The van der Waals surface area contributed by atoms with Crippen molar-refractivity contribution in [1.29, 1.82) is 0 Å². The molecule has 8 N–H and O–H groups in total. The van der Waals surface area contributed by atoms with E-state index in [0.29, 0.717) is 0 Å². The van der Waals surface area contributed by atoms with Gasteiger partial charge >= 0.3 is 15.6 Å². The molecule has 34 heavy (non-hydrogen) atoms. The first-order chi connectivity index (χ1) is 15.5. The maximum absolute atomic E-state index is 14.0. The van der Waals surface area contributed by atoms with Crippen LogP contribution in [0.2, 0.25) is 0 Å². The number of nitrogen functional groups attached to an aromatic ring is 1. The Bertz CT molecular complexity index is 1290. The van der Waals surface area contributed by atoms with E-state index in [1.807, 2.05) is 0 Å². The third-order valence-electron chi connectivity index (χ3n) is 4.44. The second kappa shape index (κ2) is 9.62. The van der Waals surface area contributed by atoms with E-state index >= 15 is 0 Å². The molecule has 0 aromatic carbocycles. The minimum Gasteiger partial charge on any atom is -0.388 e. The number of phosphoric acid groups is 2. The molecular weight excluding hydrogens is 570 g/mol. The number of nitrogens with two attached hydrogens (primary N) is 1. The molecule has 0 spiro atoms. The molecule has 1 aliphatic rings. The molecule has 0 bridgehead atoms. The maximum Gasteiger partial charge on any atom is 0.488 e. The summed E-state index contributed by atoms with van der Waals surface area (Å²) < 4.78 is 56.4. The minimum absolute atomic E-state index is 0.0372. The van der Waals surface area contributed by atoms with Gasteiger partial charge in [-0.1, -0.05) is 0 Å². The summed E-state index contributed by atoms with van der Waals surface area (Å²) in [5.41, 5.74) is 4.85. The normalized spacial score (nSPS) is 29.2. The summed E-state index contributed by atoms with van der Waals surface area (Å²) in [6, 6.07) is 1.30. The largest absolute Gasteiger partial charge is 0.488 e. The number of nitrogens with zero attached hydrogens (tertiary/aromatic N) is 2. The Morgan fingerprint density at radius 2 is 1.97 bits per heavy atom. The predicted molar refractivity (Wildman–Crippen MR) is 117 cm³/mol. The van der Waals surface area contributed by atoms with Gasteiger partial charge in [-0.2, -0.15) is 9.29 Å². The number of phosphoric ester groups is 1. The molecular formula is C12H18ClFN4O12P4. The average Bonchev–Trinajstić information content (AvgIpc) is 3.17. The Kier molecular flexibility index (Phi) is 7.88. The summed E-state index contributed by atoms with van der Waals surface area (Å²) in [5.74, 6) is -0.272. The van der Waals surface area contributed by atoms with E-state index in [2.05, 4.69) is 31.6 Å². The number of aliphatic hydroxyl groups is 1. The van der Waals surface area contributed by atoms with E-state index in [0.717, 1.165) is 4.57 Å². The molecule has 0 aliphatic carbocycles. The van der Waals surface area contributed by atoms with Crippen LogP contribution in [0.25, 0.3) is 11.0 Å². The van der Waals surface area contributed by atoms with Crippen LogP contribution in [0.3, 0.4) is 0 Å². The van der Waals surface area contributed by atoms with Crippen LogP contribution < -0.4 is 11.3 Å². The molecule has 3 heterocycles. The lowest BCUT2D eigenvalue weighted by molar-refractivity contribution is -0.0436. The van der Waals surface area contributed by atoms with Gasteiger partial charge in [0.05, 0.1) is 12.0 Å². The molecule has 4 unspecified atom stereocenters. The van der Waals surface area contributed by atoms with E-state index in [1.54, 1.807) is 0 Å². The van der Waals surface area contributed by atoms with E-state index in [4.69, 9.17) is 31.9 Å². The van der Waals surface area contributed by atoms with Crippen LogP contribution in [0.15, 0.2) is 17.1 Å².